The third-order valence-corrected chi connectivity index (χ3v) is 2.60. The molecule has 14 heavy (non-hydrogen) atoms. The molecule has 2 unspecified atom stereocenters. The highest BCUT2D eigenvalue weighted by Crippen LogP contribution is 2.13. The smallest absolute Gasteiger partial charge is 0.0701 e. The van der Waals surface area contributed by atoms with Crippen molar-refractivity contribution in [3.05, 3.63) is 0 Å². The first-order valence-corrected chi connectivity index (χ1v) is 5.42. The monoisotopic (exact) mass is 196 g/mol. The van der Waals surface area contributed by atoms with Crippen LogP contribution in [0.5, 0.6) is 0 Å². The van der Waals surface area contributed by atoms with Gasteiger partial charge in [0, 0.05) is 19.7 Å². The van der Waals surface area contributed by atoms with Crippen molar-refractivity contribution in [1.82, 2.24) is 4.90 Å². The molecule has 1 saturated heterocycles. The zero-order valence-corrected chi connectivity index (χ0v) is 9.20. The van der Waals surface area contributed by atoms with E-state index in [9.17, 15) is 0 Å². The van der Waals surface area contributed by atoms with Gasteiger partial charge in [-0.3, -0.25) is 0 Å². The van der Waals surface area contributed by atoms with Crippen LogP contribution >= 0.6 is 0 Å². The summed E-state index contributed by atoms with van der Waals surface area (Å²) in [5, 5.41) is 8.68. The van der Waals surface area contributed by atoms with E-state index in [0.29, 0.717) is 6.10 Å². The first-order valence-electron chi connectivity index (χ1n) is 5.42. The first kappa shape index (κ1) is 11.5. The van der Waals surface area contributed by atoms with Gasteiger partial charge in [0.25, 0.3) is 0 Å². The van der Waals surface area contributed by atoms with Crippen molar-refractivity contribution in [3.8, 4) is 6.07 Å². The van der Waals surface area contributed by atoms with Gasteiger partial charge in [-0.15, -0.1) is 0 Å². The molecule has 0 N–H and O–H groups in total. The summed E-state index contributed by atoms with van der Waals surface area (Å²) >= 11 is 0. The lowest BCUT2D eigenvalue weighted by molar-refractivity contribution is -0.00232. The molecule has 0 spiro atoms. The maximum atomic E-state index is 8.68. The molecule has 3 heteroatoms. The Labute approximate surface area is 86.6 Å². The van der Waals surface area contributed by atoms with Gasteiger partial charge in [0.05, 0.1) is 18.1 Å². The lowest BCUT2D eigenvalue weighted by Gasteiger charge is -2.27. The zero-order chi connectivity index (χ0) is 10.4. The Morgan fingerprint density at radius 3 is 2.93 bits per heavy atom. The molecule has 1 aliphatic rings. The number of ether oxygens (including phenoxy) is 1. The van der Waals surface area contributed by atoms with Crippen molar-refractivity contribution in [3.63, 3.8) is 0 Å². The number of rotatable bonds is 4. The number of hydrogen-bond acceptors (Lipinski definition) is 3. The quantitative estimate of drug-likeness (QED) is 0.686. The van der Waals surface area contributed by atoms with E-state index >= 15 is 0 Å². The molecule has 0 aliphatic carbocycles. The molecular formula is C11H20N2O. The summed E-state index contributed by atoms with van der Waals surface area (Å²) in [4.78, 5) is 2.20. The van der Waals surface area contributed by atoms with Gasteiger partial charge in [0.15, 0.2) is 0 Å². The average molecular weight is 196 g/mol. The zero-order valence-electron chi connectivity index (χ0n) is 9.20. The normalized spacial score (nSPS) is 24.6. The Morgan fingerprint density at radius 1 is 1.57 bits per heavy atom. The molecule has 0 radical (unpaired) electrons. The van der Waals surface area contributed by atoms with Crippen molar-refractivity contribution < 1.29 is 4.74 Å². The van der Waals surface area contributed by atoms with Crippen LogP contribution in [0.15, 0.2) is 0 Å². The van der Waals surface area contributed by atoms with E-state index in [-0.39, 0.29) is 5.92 Å². The van der Waals surface area contributed by atoms with Crippen LogP contribution in [-0.4, -0.2) is 37.7 Å². The SMILES string of the molecule is CC(C#N)CN(C)CC1CCCCO1. The molecule has 0 aromatic heterocycles. The molecule has 1 aliphatic heterocycles. The van der Waals surface area contributed by atoms with Crippen LogP contribution in [0.1, 0.15) is 26.2 Å². The summed E-state index contributed by atoms with van der Waals surface area (Å²) in [6, 6.07) is 2.25. The maximum absolute atomic E-state index is 8.68. The first-order chi connectivity index (χ1) is 6.72. The fraction of sp³-hybridized carbons (Fsp3) is 0.909. The minimum Gasteiger partial charge on any atom is -0.377 e. The Morgan fingerprint density at radius 2 is 2.36 bits per heavy atom. The highest BCUT2D eigenvalue weighted by Gasteiger charge is 2.16. The van der Waals surface area contributed by atoms with Crippen molar-refractivity contribution >= 4 is 0 Å². The summed E-state index contributed by atoms with van der Waals surface area (Å²) in [6.07, 6.45) is 4.05. The van der Waals surface area contributed by atoms with Gasteiger partial charge in [-0.05, 0) is 33.2 Å². The van der Waals surface area contributed by atoms with Crippen LogP contribution in [0.4, 0.5) is 0 Å². The molecule has 0 aromatic rings. The minimum atomic E-state index is 0.114. The van der Waals surface area contributed by atoms with Gasteiger partial charge in [-0.25, -0.2) is 0 Å². The van der Waals surface area contributed by atoms with Crippen LogP contribution in [0, 0.1) is 17.2 Å². The van der Waals surface area contributed by atoms with Gasteiger partial charge in [-0.2, -0.15) is 5.26 Å². The Balaban J connectivity index is 2.18. The molecule has 0 aromatic carbocycles. The van der Waals surface area contributed by atoms with Gasteiger partial charge >= 0.3 is 0 Å². The van der Waals surface area contributed by atoms with Crippen LogP contribution in [0.3, 0.4) is 0 Å². The minimum absolute atomic E-state index is 0.114. The van der Waals surface area contributed by atoms with E-state index in [1.54, 1.807) is 0 Å². The predicted molar refractivity (Wildman–Crippen MR) is 55.9 cm³/mol. The molecule has 1 fully saturated rings. The Kier molecular flexibility index (Phi) is 4.92. The summed E-state index contributed by atoms with van der Waals surface area (Å²) in [5.41, 5.74) is 0. The molecule has 1 heterocycles. The molecule has 2 atom stereocenters. The molecule has 0 saturated carbocycles. The van der Waals surface area contributed by atoms with E-state index < -0.39 is 0 Å². The van der Waals surface area contributed by atoms with Crippen LogP contribution in [-0.2, 0) is 4.74 Å². The van der Waals surface area contributed by atoms with Crippen LogP contribution in [0.25, 0.3) is 0 Å². The summed E-state index contributed by atoms with van der Waals surface area (Å²) in [7, 11) is 2.06. The van der Waals surface area contributed by atoms with Crippen LogP contribution < -0.4 is 0 Å². The van der Waals surface area contributed by atoms with Crippen molar-refractivity contribution in [2.24, 2.45) is 5.92 Å². The Hall–Kier alpha value is -0.590. The topological polar surface area (TPSA) is 36.3 Å². The number of likely N-dealkylation sites (N-methyl/N-ethyl adjacent to an activating group) is 1. The fourth-order valence-electron chi connectivity index (χ4n) is 1.88. The predicted octanol–water partition coefficient (Wildman–Crippen LogP) is 1.65. The highest BCUT2D eigenvalue weighted by atomic mass is 16.5. The maximum Gasteiger partial charge on any atom is 0.0701 e. The molecule has 3 nitrogen and oxygen atoms in total. The summed E-state index contributed by atoms with van der Waals surface area (Å²) < 4.78 is 5.64. The average Bonchev–Trinajstić information content (AvgIpc) is 2.19. The van der Waals surface area contributed by atoms with E-state index in [2.05, 4.69) is 18.0 Å². The molecule has 80 valence electrons. The van der Waals surface area contributed by atoms with Crippen LogP contribution in [0.2, 0.25) is 0 Å². The summed E-state index contributed by atoms with van der Waals surface area (Å²) in [5.74, 6) is 0.114. The summed E-state index contributed by atoms with van der Waals surface area (Å²) in [6.45, 7) is 4.67. The van der Waals surface area contributed by atoms with E-state index in [1.807, 2.05) is 6.92 Å². The van der Waals surface area contributed by atoms with Crippen molar-refractivity contribution in [1.29, 1.82) is 5.26 Å². The molecule has 0 bridgehead atoms. The molecule has 1 rings (SSSR count). The van der Waals surface area contributed by atoms with Gasteiger partial charge in [0.2, 0.25) is 0 Å². The highest BCUT2D eigenvalue weighted by molar-refractivity contribution is 4.81. The van der Waals surface area contributed by atoms with E-state index in [1.165, 1.54) is 19.3 Å². The Bertz CT molecular complexity index is 194. The second-order valence-corrected chi connectivity index (χ2v) is 4.24. The van der Waals surface area contributed by atoms with Crippen molar-refractivity contribution in [2.75, 3.05) is 26.7 Å². The fourth-order valence-corrected chi connectivity index (χ4v) is 1.88. The lowest BCUT2D eigenvalue weighted by Crippen LogP contribution is -2.35. The largest absolute Gasteiger partial charge is 0.377 e. The number of nitrogens with zero attached hydrogens (tertiary/aromatic N) is 2. The van der Waals surface area contributed by atoms with E-state index in [4.69, 9.17) is 10.00 Å². The van der Waals surface area contributed by atoms with Crippen molar-refractivity contribution in [2.45, 2.75) is 32.3 Å². The molecular weight excluding hydrogens is 176 g/mol. The molecule has 0 amide bonds. The number of nitriles is 1. The number of hydrogen-bond donors (Lipinski definition) is 0. The van der Waals surface area contributed by atoms with Gasteiger partial charge in [-0.1, -0.05) is 0 Å². The third kappa shape index (κ3) is 4.08. The van der Waals surface area contributed by atoms with Gasteiger partial charge < -0.3 is 9.64 Å². The third-order valence-electron chi connectivity index (χ3n) is 2.60. The van der Waals surface area contributed by atoms with Gasteiger partial charge in [0.1, 0.15) is 0 Å². The second-order valence-electron chi connectivity index (χ2n) is 4.24. The standard InChI is InChI=1S/C11H20N2O/c1-10(7-12)8-13(2)9-11-5-3-4-6-14-11/h10-11H,3-6,8-9H2,1-2H3. The lowest BCUT2D eigenvalue weighted by atomic mass is 10.1. The van der Waals surface area contributed by atoms with E-state index in [0.717, 1.165) is 19.7 Å². The second kappa shape index (κ2) is 6.00.